The second-order valence-corrected chi connectivity index (χ2v) is 9.19. The third kappa shape index (κ3) is 6.19. The Labute approximate surface area is 175 Å². The van der Waals surface area contributed by atoms with Crippen molar-refractivity contribution in [1.82, 2.24) is 5.32 Å². The maximum Gasteiger partial charge on any atom is 0.238 e. The number of primary sulfonamides is 1. The Balaban J connectivity index is 1.64. The summed E-state index contributed by atoms with van der Waals surface area (Å²) in [6.45, 7) is 0.451. The highest BCUT2D eigenvalue weighted by Crippen LogP contribution is 2.35. The van der Waals surface area contributed by atoms with Gasteiger partial charge in [-0.25, -0.2) is 13.6 Å². The first-order valence-electron chi connectivity index (χ1n) is 9.09. The van der Waals surface area contributed by atoms with Gasteiger partial charge in [0.25, 0.3) is 0 Å². The molecule has 5 nitrogen and oxygen atoms in total. The van der Waals surface area contributed by atoms with Crippen molar-refractivity contribution in [3.8, 4) is 0 Å². The molecule has 29 heavy (non-hydrogen) atoms. The highest BCUT2D eigenvalue weighted by molar-refractivity contribution is 8.00. The van der Waals surface area contributed by atoms with Crippen LogP contribution >= 0.6 is 11.8 Å². The van der Waals surface area contributed by atoms with Crippen LogP contribution in [-0.4, -0.2) is 20.9 Å². The Bertz CT molecular complexity index is 1040. The van der Waals surface area contributed by atoms with Gasteiger partial charge in [0.2, 0.25) is 15.9 Å². The zero-order valence-electron chi connectivity index (χ0n) is 15.7. The van der Waals surface area contributed by atoms with Crippen molar-refractivity contribution in [3.63, 3.8) is 0 Å². The molecule has 0 aliphatic carbocycles. The van der Waals surface area contributed by atoms with E-state index in [2.05, 4.69) is 5.32 Å². The summed E-state index contributed by atoms with van der Waals surface area (Å²) in [5.74, 6) is -0.0637. The molecule has 1 amide bonds. The van der Waals surface area contributed by atoms with E-state index in [1.165, 1.54) is 23.9 Å². The Morgan fingerprint density at radius 1 is 0.897 bits per heavy atom. The number of carbonyl (C=O) groups excluding carboxylic acids is 1. The Hall–Kier alpha value is -2.61. The molecule has 0 saturated heterocycles. The number of nitrogens with one attached hydrogen (secondary N) is 1. The number of rotatable bonds is 8. The summed E-state index contributed by atoms with van der Waals surface area (Å²) >= 11 is 1.51. The van der Waals surface area contributed by atoms with Crippen LogP contribution in [0.1, 0.15) is 16.4 Å². The normalized spacial score (nSPS) is 12.3. The fourth-order valence-electron chi connectivity index (χ4n) is 2.80. The average molecular weight is 427 g/mol. The van der Waals surface area contributed by atoms with Gasteiger partial charge >= 0.3 is 0 Å². The molecule has 1 atom stereocenters. The first kappa shape index (κ1) is 21.1. The minimum Gasteiger partial charge on any atom is -0.355 e. The van der Waals surface area contributed by atoms with E-state index in [9.17, 15) is 13.2 Å². The summed E-state index contributed by atoms with van der Waals surface area (Å²) in [4.78, 5) is 14.0. The van der Waals surface area contributed by atoms with Gasteiger partial charge in [0, 0.05) is 11.4 Å². The summed E-state index contributed by atoms with van der Waals surface area (Å²) in [5.41, 5.74) is 1.86. The van der Waals surface area contributed by atoms with Crippen LogP contribution in [0.15, 0.2) is 94.7 Å². The third-order valence-electron chi connectivity index (χ3n) is 4.30. The van der Waals surface area contributed by atoms with E-state index in [1.807, 2.05) is 60.7 Å². The van der Waals surface area contributed by atoms with Gasteiger partial charge in [0.1, 0.15) is 5.25 Å². The fourth-order valence-corrected chi connectivity index (χ4v) is 4.39. The lowest BCUT2D eigenvalue weighted by Crippen LogP contribution is -2.29. The van der Waals surface area contributed by atoms with Gasteiger partial charge in [0.15, 0.2) is 0 Å². The topological polar surface area (TPSA) is 89.3 Å². The SMILES string of the molecule is NS(=O)(=O)c1ccc(CCNC(=O)[C@H](Sc2ccccc2)c2ccccc2)cc1. The van der Waals surface area contributed by atoms with Crippen LogP contribution in [0, 0.1) is 0 Å². The molecule has 0 radical (unpaired) electrons. The lowest BCUT2D eigenvalue weighted by atomic mass is 10.1. The molecule has 150 valence electrons. The average Bonchev–Trinajstić information content (AvgIpc) is 2.73. The van der Waals surface area contributed by atoms with Gasteiger partial charge in [-0.3, -0.25) is 4.79 Å². The van der Waals surface area contributed by atoms with Gasteiger partial charge in [0.05, 0.1) is 4.90 Å². The molecular formula is C22H22N2O3S2. The van der Waals surface area contributed by atoms with E-state index in [0.29, 0.717) is 13.0 Å². The molecule has 0 aliphatic rings. The smallest absolute Gasteiger partial charge is 0.238 e. The summed E-state index contributed by atoms with van der Waals surface area (Å²) in [5, 5.41) is 7.75. The summed E-state index contributed by atoms with van der Waals surface area (Å²) in [6, 6.07) is 25.9. The number of carbonyl (C=O) groups is 1. The molecule has 3 aromatic carbocycles. The van der Waals surface area contributed by atoms with E-state index in [0.717, 1.165) is 16.0 Å². The number of hydrogen-bond acceptors (Lipinski definition) is 4. The van der Waals surface area contributed by atoms with E-state index < -0.39 is 10.0 Å². The van der Waals surface area contributed by atoms with Crippen LogP contribution < -0.4 is 10.5 Å². The van der Waals surface area contributed by atoms with Crippen molar-refractivity contribution in [2.24, 2.45) is 5.14 Å². The molecule has 3 rings (SSSR count). The van der Waals surface area contributed by atoms with Crippen molar-refractivity contribution < 1.29 is 13.2 Å². The molecule has 0 spiro atoms. The molecule has 7 heteroatoms. The number of amides is 1. The van der Waals surface area contributed by atoms with Crippen LogP contribution in [0.5, 0.6) is 0 Å². The van der Waals surface area contributed by atoms with Gasteiger partial charge in [-0.15, -0.1) is 11.8 Å². The molecule has 0 bridgehead atoms. The highest BCUT2D eigenvalue weighted by Gasteiger charge is 2.21. The third-order valence-corrected chi connectivity index (χ3v) is 6.50. The first-order chi connectivity index (χ1) is 13.9. The second-order valence-electron chi connectivity index (χ2n) is 6.45. The lowest BCUT2D eigenvalue weighted by molar-refractivity contribution is -0.120. The zero-order chi connectivity index (χ0) is 20.7. The standard InChI is InChI=1S/C22H22N2O3S2/c23-29(26,27)20-13-11-17(12-14-20)15-16-24-22(25)21(18-7-3-1-4-8-18)28-19-9-5-2-6-10-19/h1-14,21H,15-16H2,(H,24,25)(H2,23,26,27)/t21-/m1/s1. The van der Waals surface area contributed by atoms with Crippen LogP contribution in [0.2, 0.25) is 0 Å². The molecule has 0 saturated carbocycles. The summed E-state index contributed by atoms with van der Waals surface area (Å²) < 4.78 is 22.7. The first-order valence-corrected chi connectivity index (χ1v) is 11.5. The number of sulfonamides is 1. The van der Waals surface area contributed by atoms with Crippen molar-refractivity contribution in [1.29, 1.82) is 0 Å². The van der Waals surface area contributed by atoms with E-state index in [-0.39, 0.29) is 16.1 Å². The number of nitrogens with two attached hydrogens (primary N) is 1. The highest BCUT2D eigenvalue weighted by atomic mass is 32.2. The second kappa shape index (κ2) is 9.73. The minimum absolute atomic E-state index is 0.0637. The molecule has 3 N–H and O–H groups in total. The van der Waals surface area contributed by atoms with Crippen LogP contribution in [0.25, 0.3) is 0 Å². The predicted octanol–water partition coefficient (Wildman–Crippen LogP) is 3.53. The monoisotopic (exact) mass is 426 g/mol. The molecule has 0 unspecified atom stereocenters. The largest absolute Gasteiger partial charge is 0.355 e. The number of hydrogen-bond donors (Lipinski definition) is 2. The van der Waals surface area contributed by atoms with Gasteiger partial charge in [-0.1, -0.05) is 60.7 Å². The van der Waals surface area contributed by atoms with Gasteiger partial charge < -0.3 is 5.32 Å². The fraction of sp³-hybridized carbons (Fsp3) is 0.136. The minimum atomic E-state index is -3.70. The summed E-state index contributed by atoms with van der Waals surface area (Å²) in [6.07, 6.45) is 0.591. The van der Waals surface area contributed by atoms with Crippen molar-refractivity contribution >= 4 is 27.7 Å². The Kier molecular flexibility index (Phi) is 7.09. The maximum atomic E-state index is 12.9. The zero-order valence-corrected chi connectivity index (χ0v) is 17.3. The molecule has 0 fully saturated rings. The lowest BCUT2D eigenvalue weighted by Gasteiger charge is -2.17. The van der Waals surface area contributed by atoms with Crippen molar-refractivity contribution in [2.75, 3.05) is 6.54 Å². The van der Waals surface area contributed by atoms with Crippen LogP contribution in [-0.2, 0) is 21.2 Å². The molecule has 0 aliphatic heterocycles. The summed E-state index contributed by atoms with van der Waals surface area (Å²) in [7, 11) is -3.70. The van der Waals surface area contributed by atoms with E-state index >= 15 is 0 Å². The Morgan fingerprint density at radius 3 is 2.07 bits per heavy atom. The van der Waals surface area contributed by atoms with Crippen LogP contribution in [0.3, 0.4) is 0 Å². The molecule has 0 aromatic heterocycles. The number of benzene rings is 3. The van der Waals surface area contributed by atoms with E-state index in [4.69, 9.17) is 5.14 Å². The van der Waals surface area contributed by atoms with Crippen LogP contribution in [0.4, 0.5) is 0 Å². The Morgan fingerprint density at radius 2 is 1.48 bits per heavy atom. The quantitative estimate of drug-likeness (QED) is 0.539. The molecule has 0 heterocycles. The van der Waals surface area contributed by atoms with Gasteiger partial charge in [-0.2, -0.15) is 0 Å². The molecule has 3 aromatic rings. The maximum absolute atomic E-state index is 12.9. The number of thioether (sulfide) groups is 1. The molecular weight excluding hydrogens is 404 g/mol. The predicted molar refractivity (Wildman–Crippen MR) is 116 cm³/mol. The van der Waals surface area contributed by atoms with Gasteiger partial charge in [-0.05, 0) is 41.8 Å². The van der Waals surface area contributed by atoms with E-state index in [1.54, 1.807) is 12.1 Å². The van der Waals surface area contributed by atoms with Crippen molar-refractivity contribution in [3.05, 3.63) is 96.1 Å². The van der Waals surface area contributed by atoms with Crippen molar-refractivity contribution in [2.45, 2.75) is 21.5 Å².